The Bertz CT molecular complexity index is 677. The first-order chi connectivity index (χ1) is 11.5. The first-order valence-electron chi connectivity index (χ1n) is 8.14. The molecule has 2 N–H and O–H groups in total. The molecule has 2 aromatic rings. The molecule has 0 radical (unpaired) electrons. The average Bonchev–Trinajstić information content (AvgIpc) is 2.98. The van der Waals surface area contributed by atoms with E-state index in [2.05, 4.69) is 15.2 Å². The zero-order valence-electron chi connectivity index (χ0n) is 13.6. The molecule has 0 amide bonds. The van der Waals surface area contributed by atoms with Gasteiger partial charge < -0.3 is 15.0 Å². The molecule has 7 heteroatoms. The molecule has 1 aliphatic heterocycles. The Morgan fingerprint density at radius 1 is 1.25 bits per heavy atom. The number of hydrogen-bond acceptors (Lipinski definition) is 3. The number of piperazine rings is 1. The predicted octanol–water partition coefficient (Wildman–Crippen LogP) is 3.47. The van der Waals surface area contributed by atoms with Gasteiger partial charge in [-0.3, -0.25) is 4.90 Å². The third-order valence-corrected chi connectivity index (χ3v) is 4.57. The first-order valence-corrected chi connectivity index (χ1v) is 8.14. The Labute approximate surface area is 139 Å². The molecule has 0 unspecified atom stereocenters. The maximum absolute atomic E-state index is 12.8. The smallest absolute Gasteiger partial charge is 0.389 e. The van der Waals surface area contributed by atoms with Gasteiger partial charge in [0.05, 0.1) is 7.11 Å². The highest BCUT2D eigenvalue weighted by Crippen LogP contribution is 2.36. The molecule has 0 aliphatic carbocycles. The van der Waals surface area contributed by atoms with Crippen molar-refractivity contribution in [2.45, 2.75) is 25.1 Å². The summed E-state index contributed by atoms with van der Waals surface area (Å²) in [6.45, 7) is 3.10. The summed E-state index contributed by atoms with van der Waals surface area (Å²) in [7, 11) is 1.59. The number of nitrogens with zero attached hydrogens (tertiary/aromatic N) is 1. The monoisotopic (exact) mass is 341 g/mol. The quantitative estimate of drug-likeness (QED) is 0.875. The van der Waals surface area contributed by atoms with E-state index >= 15 is 0 Å². The standard InChI is InChI=1S/C17H22F3N3O/c1-24-12-2-3-15-13(10-12)14(11-22-15)16(4-5-17(18,19)20)23-8-6-21-7-9-23/h2-3,10-11,16,21-22H,4-9H2,1H3/t16-/m0/s1. The number of rotatable bonds is 5. The van der Waals surface area contributed by atoms with E-state index in [1.54, 1.807) is 7.11 Å². The van der Waals surface area contributed by atoms with E-state index in [9.17, 15) is 13.2 Å². The molecule has 2 heterocycles. The SMILES string of the molecule is COc1ccc2[nH]cc([C@H](CCC(F)(F)F)N3CCNCC3)c2c1. The van der Waals surface area contributed by atoms with E-state index < -0.39 is 12.6 Å². The lowest BCUT2D eigenvalue weighted by Crippen LogP contribution is -2.45. The number of halogens is 3. The van der Waals surface area contributed by atoms with Crippen molar-refractivity contribution < 1.29 is 17.9 Å². The number of H-pyrrole nitrogens is 1. The van der Waals surface area contributed by atoms with Crippen LogP contribution >= 0.6 is 0 Å². The summed E-state index contributed by atoms with van der Waals surface area (Å²) in [5.41, 5.74) is 1.83. The van der Waals surface area contributed by atoms with Crippen LogP contribution in [0.4, 0.5) is 13.2 Å². The average molecular weight is 341 g/mol. The summed E-state index contributed by atoms with van der Waals surface area (Å²) in [6, 6.07) is 5.38. The zero-order chi connectivity index (χ0) is 17.2. The summed E-state index contributed by atoms with van der Waals surface area (Å²) in [6.07, 6.45) is -3.02. The summed E-state index contributed by atoms with van der Waals surface area (Å²) < 4.78 is 43.7. The summed E-state index contributed by atoms with van der Waals surface area (Å²) in [5.74, 6) is 0.707. The molecular formula is C17H22F3N3O. The molecule has 1 aromatic heterocycles. The van der Waals surface area contributed by atoms with Crippen molar-refractivity contribution in [3.63, 3.8) is 0 Å². The fraction of sp³-hybridized carbons (Fsp3) is 0.529. The van der Waals surface area contributed by atoms with Crippen LogP contribution in [0, 0.1) is 0 Å². The highest BCUT2D eigenvalue weighted by Gasteiger charge is 2.32. The highest BCUT2D eigenvalue weighted by atomic mass is 19.4. The molecule has 24 heavy (non-hydrogen) atoms. The normalized spacial score (nSPS) is 18.0. The van der Waals surface area contributed by atoms with Crippen LogP contribution in [0.25, 0.3) is 10.9 Å². The van der Waals surface area contributed by atoms with Gasteiger partial charge in [-0.05, 0) is 30.2 Å². The van der Waals surface area contributed by atoms with Gasteiger partial charge in [-0.25, -0.2) is 0 Å². The molecular weight excluding hydrogens is 319 g/mol. The Morgan fingerprint density at radius 2 is 2.00 bits per heavy atom. The number of benzene rings is 1. The molecule has 3 rings (SSSR count). The van der Waals surface area contributed by atoms with Crippen LogP contribution in [-0.2, 0) is 0 Å². The van der Waals surface area contributed by atoms with E-state index in [1.165, 1.54) is 0 Å². The highest BCUT2D eigenvalue weighted by molar-refractivity contribution is 5.85. The summed E-state index contributed by atoms with van der Waals surface area (Å²) in [4.78, 5) is 5.32. The minimum Gasteiger partial charge on any atom is -0.497 e. The van der Waals surface area contributed by atoms with Gasteiger partial charge >= 0.3 is 6.18 Å². The van der Waals surface area contributed by atoms with Crippen molar-refractivity contribution >= 4 is 10.9 Å². The molecule has 1 aromatic carbocycles. The van der Waals surface area contributed by atoms with Crippen LogP contribution in [-0.4, -0.2) is 49.3 Å². The third kappa shape index (κ3) is 3.84. The number of ether oxygens (including phenoxy) is 1. The van der Waals surface area contributed by atoms with Gasteiger partial charge in [0, 0.05) is 55.7 Å². The molecule has 0 spiro atoms. The number of alkyl halides is 3. The molecule has 1 fully saturated rings. The lowest BCUT2D eigenvalue weighted by molar-refractivity contribution is -0.138. The summed E-state index contributed by atoms with van der Waals surface area (Å²) >= 11 is 0. The van der Waals surface area contributed by atoms with Crippen molar-refractivity contribution in [1.29, 1.82) is 0 Å². The number of hydrogen-bond donors (Lipinski definition) is 2. The molecule has 4 nitrogen and oxygen atoms in total. The van der Waals surface area contributed by atoms with Crippen molar-refractivity contribution in [2.75, 3.05) is 33.3 Å². The molecule has 1 saturated heterocycles. The lowest BCUT2D eigenvalue weighted by Gasteiger charge is -2.35. The van der Waals surface area contributed by atoms with Crippen LogP contribution < -0.4 is 10.1 Å². The van der Waals surface area contributed by atoms with Gasteiger partial charge in [0.2, 0.25) is 0 Å². The maximum Gasteiger partial charge on any atom is 0.389 e. The second-order valence-electron chi connectivity index (χ2n) is 6.11. The van der Waals surface area contributed by atoms with Crippen molar-refractivity contribution in [1.82, 2.24) is 15.2 Å². The van der Waals surface area contributed by atoms with Gasteiger partial charge in [-0.15, -0.1) is 0 Å². The number of methoxy groups -OCH3 is 1. The minimum absolute atomic E-state index is 0.0632. The van der Waals surface area contributed by atoms with Crippen LogP contribution in [0.3, 0.4) is 0 Å². The Hall–Kier alpha value is -1.73. The van der Waals surface area contributed by atoms with Crippen molar-refractivity contribution in [3.05, 3.63) is 30.0 Å². The number of fused-ring (bicyclic) bond motifs is 1. The van der Waals surface area contributed by atoms with Crippen LogP contribution in [0.15, 0.2) is 24.4 Å². The van der Waals surface area contributed by atoms with Crippen LogP contribution in [0.2, 0.25) is 0 Å². The molecule has 0 saturated carbocycles. The first kappa shape index (κ1) is 17.1. The van der Waals surface area contributed by atoms with E-state index in [0.29, 0.717) is 5.75 Å². The van der Waals surface area contributed by atoms with Crippen LogP contribution in [0.1, 0.15) is 24.4 Å². The second kappa shape index (κ2) is 7.03. The summed E-state index contributed by atoms with van der Waals surface area (Å²) in [5, 5.41) is 4.18. The van der Waals surface area contributed by atoms with Gasteiger partial charge in [0.25, 0.3) is 0 Å². The Morgan fingerprint density at radius 3 is 2.67 bits per heavy atom. The lowest BCUT2D eigenvalue weighted by atomic mass is 9.98. The van der Waals surface area contributed by atoms with Crippen molar-refractivity contribution in [3.8, 4) is 5.75 Å². The van der Waals surface area contributed by atoms with Gasteiger partial charge in [0.1, 0.15) is 5.75 Å². The number of aromatic nitrogens is 1. The second-order valence-corrected chi connectivity index (χ2v) is 6.11. The number of aromatic amines is 1. The van der Waals surface area contributed by atoms with Crippen LogP contribution in [0.5, 0.6) is 5.75 Å². The van der Waals surface area contributed by atoms with E-state index in [4.69, 9.17) is 4.74 Å². The van der Waals surface area contributed by atoms with Gasteiger partial charge in [-0.1, -0.05) is 0 Å². The largest absolute Gasteiger partial charge is 0.497 e. The van der Waals surface area contributed by atoms with Gasteiger partial charge in [0.15, 0.2) is 0 Å². The fourth-order valence-corrected chi connectivity index (χ4v) is 3.35. The molecule has 1 aliphatic rings. The van der Waals surface area contributed by atoms with E-state index in [1.807, 2.05) is 24.4 Å². The Kier molecular flexibility index (Phi) is 5.01. The number of nitrogens with one attached hydrogen (secondary N) is 2. The Balaban J connectivity index is 1.94. The molecule has 132 valence electrons. The zero-order valence-corrected chi connectivity index (χ0v) is 13.6. The van der Waals surface area contributed by atoms with E-state index in [-0.39, 0.29) is 12.5 Å². The van der Waals surface area contributed by atoms with Crippen molar-refractivity contribution in [2.24, 2.45) is 0 Å². The maximum atomic E-state index is 12.8. The minimum atomic E-state index is -4.14. The fourth-order valence-electron chi connectivity index (χ4n) is 3.35. The van der Waals surface area contributed by atoms with E-state index in [0.717, 1.165) is 42.6 Å². The molecule has 0 bridgehead atoms. The topological polar surface area (TPSA) is 40.3 Å². The predicted molar refractivity (Wildman–Crippen MR) is 87.3 cm³/mol. The molecule has 1 atom stereocenters. The third-order valence-electron chi connectivity index (χ3n) is 4.57. The van der Waals surface area contributed by atoms with Gasteiger partial charge in [-0.2, -0.15) is 13.2 Å².